The van der Waals surface area contributed by atoms with Crippen molar-refractivity contribution in [1.29, 1.82) is 5.26 Å². The first-order chi connectivity index (χ1) is 7.52. The van der Waals surface area contributed by atoms with Crippen LogP contribution in [0.25, 0.3) is 0 Å². The van der Waals surface area contributed by atoms with Crippen LogP contribution >= 0.6 is 0 Å². The van der Waals surface area contributed by atoms with Gasteiger partial charge in [0.15, 0.2) is 0 Å². The predicted octanol–water partition coefficient (Wildman–Crippen LogP) is 2.85. The molecule has 84 valence electrons. The topological polar surface area (TPSA) is 52.9 Å². The Kier molecular flexibility index (Phi) is 4.07. The molecule has 0 unspecified atom stereocenters. The number of hydrogen-bond acceptors (Lipinski definition) is 2. The summed E-state index contributed by atoms with van der Waals surface area (Å²) in [6, 6.07) is 7.34. The van der Waals surface area contributed by atoms with Crippen LogP contribution in [0.2, 0.25) is 0 Å². The van der Waals surface area contributed by atoms with Crippen LogP contribution in [0.5, 0.6) is 0 Å². The highest BCUT2D eigenvalue weighted by molar-refractivity contribution is 5.91. The zero-order chi connectivity index (χ0) is 12.1. The lowest BCUT2D eigenvalue weighted by Gasteiger charge is -2.09. The number of nitrogens with one attached hydrogen (secondary N) is 1. The van der Waals surface area contributed by atoms with Crippen molar-refractivity contribution < 1.29 is 4.79 Å². The molecule has 0 spiro atoms. The molecule has 3 nitrogen and oxygen atoms in total. The fourth-order valence-corrected chi connectivity index (χ4v) is 1.40. The van der Waals surface area contributed by atoms with E-state index in [0.29, 0.717) is 17.9 Å². The van der Waals surface area contributed by atoms with Gasteiger partial charge < -0.3 is 5.32 Å². The van der Waals surface area contributed by atoms with Gasteiger partial charge in [-0.1, -0.05) is 19.9 Å². The largest absolute Gasteiger partial charge is 0.326 e. The van der Waals surface area contributed by atoms with Gasteiger partial charge in [-0.25, -0.2) is 0 Å². The van der Waals surface area contributed by atoms with Gasteiger partial charge in [-0.15, -0.1) is 0 Å². The number of carbonyl (C=O) groups excluding carboxylic acids is 1. The monoisotopic (exact) mass is 216 g/mol. The van der Waals surface area contributed by atoms with Crippen molar-refractivity contribution in [3.8, 4) is 6.07 Å². The zero-order valence-corrected chi connectivity index (χ0v) is 9.87. The second kappa shape index (κ2) is 5.32. The van der Waals surface area contributed by atoms with Crippen LogP contribution in [0.1, 0.15) is 31.4 Å². The van der Waals surface area contributed by atoms with E-state index >= 15 is 0 Å². The molecule has 16 heavy (non-hydrogen) atoms. The van der Waals surface area contributed by atoms with Gasteiger partial charge in [-0.05, 0) is 30.5 Å². The second-order valence-electron chi connectivity index (χ2n) is 4.29. The van der Waals surface area contributed by atoms with E-state index in [1.54, 1.807) is 12.1 Å². The zero-order valence-electron chi connectivity index (χ0n) is 9.87. The van der Waals surface area contributed by atoms with Crippen LogP contribution in [-0.2, 0) is 4.79 Å². The molecule has 0 aliphatic carbocycles. The minimum absolute atomic E-state index is 0.00631. The first-order valence-corrected chi connectivity index (χ1v) is 5.33. The molecule has 1 rings (SSSR count). The Balaban J connectivity index is 2.81. The molecule has 1 aromatic carbocycles. The van der Waals surface area contributed by atoms with E-state index in [0.717, 1.165) is 11.3 Å². The standard InChI is InChI=1S/C13H16N2O/c1-9(2)6-13(16)15-12-7-11(8-14)5-4-10(12)3/h4-5,7,9H,6H2,1-3H3,(H,15,16). The predicted molar refractivity (Wildman–Crippen MR) is 64.0 cm³/mol. The normalized spacial score (nSPS) is 9.94. The molecular weight excluding hydrogens is 200 g/mol. The summed E-state index contributed by atoms with van der Waals surface area (Å²) in [6.07, 6.45) is 0.496. The molecular formula is C13H16N2O. The van der Waals surface area contributed by atoms with E-state index in [9.17, 15) is 4.79 Å². The van der Waals surface area contributed by atoms with Crippen molar-refractivity contribution in [1.82, 2.24) is 0 Å². The molecule has 1 aromatic rings. The van der Waals surface area contributed by atoms with Crippen LogP contribution in [0, 0.1) is 24.2 Å². The number of hydrogen-bond donors (Lipinski definition) is 1. The molecule has 0 bridgehead atoms. The fraction of sp³-hybridized carbons (Fsp3) is 0.385. The summed E-state index contributed by atoms with van der Waals surface area (Å²) < 4.78 is 0. The van der Waals surface area contributed by atoms with E-state index in [1.165, 1.54) is 0 Å². The van der Waals surface area contributed by atoms with Crippen molar-refractivity contribution in [2.75, 3.05) is 5.32 Å². The number of benzene rings is 1. The number of carbonyl (C=O) groups is 1. The Morgan fingerprint density at radius 1 is 1.50 bits per heavy atom. The Hall–Kier alpha value is -1.82. The molecule has 0 aliphatic heterocycles. The number of anilines is 1. The molecule has 0 saturated carbocycles. The number of nitrogens with zero attached hydrogens (tertiary/aromatic N) is 1. The fourth-order valence-electron chi connectivity index (χ4n) is 1.40. The van der Waals surface area contributed by atoms with Crippen molar-refractivity contribution in [3.05, 3.63) is 29.3 Å². The van der Waals surface area contributed by atoms with E-state index in [2.05, 4.69) is 11.4 Å². The maximum absolute atomic E-state index is 11.6. The number of amides is 1. The Morgan fingerprint density at radius 2 is 2.19 bits per heavy atom. The lowest BCUT2D eigenvalue weighted by atomic mass is 10.1. The second-order valence-corrected chi connectivity index (χ2v) is 4.29. The van der Waals surface area contributed by atoms with Gasteiger partial charge in [0.05, 0.1) is 11.6 Å². The molecule has 0 atom stereocenters. The van der Waals surface area contributed by atoms with Crippen molar-refractivity contribution >= 4 is 11.6 Å². The first-order valence-electron chi connectivity index (χ1n) is 5.33. The minimum atomic E-state index is -0.00631. The molecule has 1 amide bonds. The van der Waals surface area contributed by atoms with Crippen LogP contribution < -0.4 is 5.32 Å². The van der Waals surface area contributed by atoms with Gasteiger partial charge in [0.1, 0.15) is 0 Å². The van der Waals surface area contributed by atoms with Crippen molar-refractivity contribution in [3.63, 3.8) is 0 Å². The molecule has 0 fully saturated rings. The highest BCUT2D eigenvalue weighted by Crippen LogP contribution is 2.17. The third-order valence-electron chi connectivity index (χ3n) is 2.23. The highest BCUT2D eigenvalue weighted by Gasteiger charge is 2.07. The number of nitriles is 1. The summed E-state index contributed by atoms with van der Waals surface area (Å²) in [5.41, 5.74) is 2.26. The maximum Gasteiger partial charge on any atom is 0.224 e. The third-order valence-corrected chi connectivity index (χ3v) is 2.23. The highest BCUT2D eigenvalue weighted by atomic mass is 16.1. The van der Waals surface area contributed by atoms with Gasteiger partial charge in [0, 0.05) is 12.1 Å². The molecule has 0 saturated heterocycles. The number of rotatable bonds is 3. The summed E-state index contributed by atoms with van der Waals surface area (Å²) in [7, 11) is 0. The average Bonchev–Trinajstić information content (AvgIpc) is 2.20. The summed E-state index contributed by atoms with van der Waals surface area (Å²) in [5.74, 6) is 0.327. The van der Waals surface area contributed by atoms with Crippen LogP contribution in [0.4, 0.5) is 5.69 Å². The average molecular weight is 216 g/mol. The third kappa shape index (κ3) is 3.39. The van der Waals surface area contributed by atoms with E-state index < -0.39 is 0 Å². The number of aryl methyl sites for hydroxylation is 1. The maximum atomic E-state index is 11.6. The molecule has 3 heteroatoms. The summed E-state index contributed by atoms with van der Waals surface area (Å²) in [6.45, 7) is 5.91. The van der Waals surface area contributed by atoms with E-state index in [-0.39, 0.29) is 5.91 Å². The lowest BCUT2D eigenvalue weighted by molar-refractivity contribution is -0.116. The van der Waals surface area contributed by atoms with Gasteiger partial charge >= 0.3 is 0 Å². The molecule has 0 radical (unpaired) electrons. The summed E-state index contributed by atoms with van der Waals surface area (Å²) in [5, 5.41) is 11.6. The Bertz CT molecular complexity index is 430. The molecule has 0 aromatic heterocycles. The SMILES string of the molecule is Cc1ccc(C#N)cc1NC(=O)CC(C)C. The van der Waals surface area contributed by atoms with Crippen LogP contribution in [0.3, 0.4) is 0 Å². The van der Waals surface area contributed by atoms with Crippen LogP contribution in [0.15, 0.2) is 18.2 Å². The van der Waals surface area contributed by atoms with Gasteiger partial charge in [0.2, 0.25) is 5.91 Å². The minimum Gasteiger partial charge on any atom is -0.326 e. The quantitative estimate of drug-likeness (QED) is 0.844. The molecule has 0 aliphatic rings. The smallest absolute Gasteiger partial charge is 0.224 e. The Labute approximate surface area is 96.1 Å². The van der Waals surface area contributed by atoms with E-state index in [4.69, 9.17) is 5.26 Å². The van der Waals surface area contributed by atoms with E-state index in [1.807, 2.05) is 26.8 Å². The first kappa shape index (κ1) is 12.3. The van der Waals surface area contributed by atoms with Gasteiger partial charge in [-0.2, -0.15) is 5.26 Å². The van der Waals surface area contributed by atoms with Crippen molar-refractivity contribution in [2.45, 2.75) is 27.2 Å². The van der Waals surface area contributed by atoms with Crippen LogP contribution in [-0.4, -0.2) is 5.91 Å². The summed E-state index contributed by atoms with van der Waals surface area (Å²) in [4.78, 5) is 11.6. The Morgan fingerprint density at radius 3 is 2.75 bits per heavy atom. The summed E-state index contributed by atoms with van der Waals surface area (Å²) >= 11 is 0. The molecule has 0 heterocycles. The van der Waals surface area contributed by atoms with Gasteiger partial charge in [-0.3, -0.25) is 4.79 Å². The molecule has 1 N–H and O–H groups in total. The van der Waals surface area contributed by atoms with Gasteiger partial charge in [0.25, 0.3) is 0 Å². The lowest BCUT2D eigenvalue weighted by Crippen LogP contribution is -2.14. The van der Waals surface area contributed by atoms with Crippen molar-refractivity contribution in [2.24, 2.45) is 5.92 Å².